The molecule has 0 aromatic rings. The summed E-state index contributed by atoms with van der Waals surface area (Å²) in [5.74, 6) is -1.37. The zero-order valence-corrected chi connectivity index (χ0v) is 42.5. The molecule has 14 heteroatoms. The Morgan fingerprint density at radius 1 is 0.574 bits per heavy atom. The normalized spacial score (nSPS) is 47.3. The predicted molar refractivity (Wildman–Crippen MR) is 248 cm³/mol. The van der Waals surface area contributed by atoms with Crippen LogP contribution in [0.15, 0.2) is 0 Å². The first-order valence-corrected chi connectivity index (χ1v) is 26.6. The molecule has 8 saturated carbocycles. The van der Waals surface area contributed by atoms with Crippen molar-refractivity contribution in [2.24, 2.45) is 92.7 Å². The minimum atomic E-state index is -5.21. The standard InChI is InChI=1S/C28H48O5.C26H39F3O6/c1-16(7-10-24(32)33-26(2,3)4)19-8-9-20-25-21(15-23(31)28(19,20)6)27(5)12-11-18(29)13-17(27)14-22(25)30;1-13(4-7-21(33)35-23(34)26(27,28)29)16-5-6-17-22-18(12-20(32)25(16,17)3)24(2)9-8-15(30)10-14(24)11-19(22)31/h16-23,25,29-31H,7-15H2,1-6H3;13-20,22,30-32H,4-12H2,1-3H3/t16-,17+,18-,19-,20+,21+,22-,23+,25+,27+,28-;13-,14+,15-,16-,17?,18?,19-,20+,22?,24+,25-/m11/s1. The molecule has 0 aromatic carbocycles. The maximum absolute atomic E-state index is 12.4. The van der Waals surface area contributed by atoms with Crippen molar-refractivity contribution in [3.05, 3.63) is 0 Å². The Labute approximate surface area is 403 Å². The average Bonchev–Trinajstić information content (AvgIpc) is 3.79. The quantitative estimate of drug-likeness (QED) is 0.101. The van der Waals surface area contributed by atoms with Gasteiger partial charge in [0.15, 0.2) is 0 Å². The second-order valence-corrected chi connectivity index (χ2v) is 25.9. The van der Waals surface area contributed by atoms with Crippen LogP contribution in [0.1, 0.15) is 178 Å². The average molecular weight is 969 g/mol. The van der Waals surface area contributed by atoms with E-state index in [4.69, 9.17) is 4.74 Å². The van der Waals surface area contributed by atoms with Crippen molar-refractivity contribution in [1.29, 1.82) is 0 Å². The van der Waals surface area contributed by atoms with Crippen LogP contribution in [0.5, 0.6) is 0 Å². The molecule has 6 N–H and O–H groups in total. The van der Waals surface area contributed by atoms with Crippen LogP contribution in [0.2, 0.25) is 0 Å². The number of rotatable bonds is 8. The van der Waals surface area contributed by atoms with Crippen LogP contribution < -0.4 is 0 Å². The fourth-order valence-electron chi connectivity index (χ4n) is 18.0. The molecular weight excluding hydrogens is 882 g/mol. The largest absolute Gasteiger partial charge is 0.491 e. The van der Waals surface area contributed by atoms with Crippen LogP contribution in [0, 0.1) is 92.7 Å². The van der Waals surface area contributed by atoms with E-state index in [0.717, 1.165) is 77.0 Å². The van der Waals surface area contributed by atoms with E-state index in [1.807, 2.05) is 27.7 Å². The summed E-state index contributed by atoms with van der Waals surface area (Å²) in [4.78, 5) is 35.1. The number of hydrogen-bond acceptors (Lipinski definition) is 11. The lowest BCUT2D eigenvalue weighted by molar-refractivity contribution is -0.207. The Balaban J connectivity index is 0.000000202. The first kappa shape index (κ1) is 53.9. The van der Waals surface area contributed by atoms with Gasteiger partial charge in [-0.15, -0.1) is 0 Å². The van der Waals surface area contributed by atoms with E-state index in [1.54, 1.807) is 0 Å². The maximum atomic E-state index is 12.4. The maximum Gasteiger partial charge on any atom is 0.491 e. The highest BCUT2D eigenvalue weighted by atomic mass is 19.4. The van der Waals surface area contributed by atoms with Crippen molar-refractivity contribution in [2.45, 2.75) is 226 Å². The summed E-state index contributed by atoms with van der Waals surface area (Å²) in [7, 11) is 0. The van der Waals surface area contributed by atoms with Crippen molar-refractivity contribution in [2.75, 3.05) is 0 Å². The van der Waals surface area contributed by atoms with E-state index in [-0.39, 0.29) is 101 Å². The number of carbonyl (C=O) groups is 3. The van der Waals surface area contributed by atoms with Gasteiger partial charge in [0, 0.05) is 12.8 Å². The number of alkyl halides is 3. The van der Waals surface area contributed by atoms with Crippen molar-refractivity contribution < 1.29 is 67.7 Å². The molecule has 390 valence electrons. The highest BCUT2D eigenvalue weighted by molar-refractivity contribution is 5.88. The number of fused-ring (bicyclic) bond motifs is 10. The molecule has 0 aliphatic heterocycles. The van der Waals surface area contributed by atoms with E-state index in [1.165, 1.54) is 0 Å². The van der Waals surface area contributed by atoms with Crippen LogP contribution in [-0.4, -0.2) is 96.9 Å². The lowest BCUT2D eigenvalue weighted by Crippen LogP contribution is -2.62. The Hall–Kier alpha value is -1.84. The number of halogens is 3. The highest BCUT2D eigenvalue weighted by Gasteiger charge is 2.67. The van der Waals surface area contributed by atoms with Crippen molar-refractivity contribution in [3.63, 3.8) is 0 Å². The number of hydrogen-bond donors (Lipinski definition) is 6. The Morgan fingerprint density at radius 2 is 0.971 bits per heavy atom. The summed E-state index contributed by atoms with van der Waals surface area (Å²) in [5, 5.41) is 66.3. The minimum absolute atomic E-state index is 0.0239. The molecule has 8 aliphatic rings. The summed E-state index contributed by atoms with van der Waals surface area (Å²) < 4.78 is 46.5. The van der Waals surface area contributed by atoms with Gasteiger partial charge >= 0.3 is 24.1 Å². The van der Waals surface area contributed by atoms with Crippen LogP contribution in [0.3, 0.4) is 0 Å². The zero-order valence-electron chi connectivity index (χ0n) is 42.5. The van der Waals surface area contributed by atoms with E-state index < -0.39 is 41.3 Å². The summed E-state index contributed by atoms with van der Waals surface area (Å²) >= 11 is 0. The molecule has 68 heavy (non-hydrogen) atoms. The summed E-state index contributed by atoms with van der Waals surface area (Å²) in [5.41, 5.74) is -1.06. The molecule has 0 saturated heterocycles. The van der Waals surface area contributed by atoms with Gasteiger partial charge in [-0.1, -0.05) is 41.5 Å². The molecule has 8 rings (SSSR count). The minimum Gasteiger partial charge on any atom is -0.460 e. The van der Waals surface area contributed by atoms with Gasteiger partial charge in [-0.2, -0.15) is 13.2 Å². The van der Waals surface area contributed by atoms with Crippen molar-refractivity contribution in [1.82, 2.24) is 0 Å². The fourth-order valence-corrected chi connectivity index (χ4v) is 18.0. The molecule has 8 fully saturated rings. The topological polar surface area (TPSA) is 191 Å². The molecule has 0 aromatic heterocycles. The van der Waals surface area contributed by atoms with Crippen LogP contribution in [0.25, 0.3) is 0 Å². The van der Waals surface area contributed by atoms with Crippen LogP contribution >= 0.6 is 0 Å². The third-order valence-electron chi connectivity index (χ3n) is 21.5. The second-order valence-electron chi connectivity index (χ2n) is 25.9. The summed E-state index contributed by atoms with van der Waals surface area (Å²) in [6.07, 6.45) is 5.12. The van der Waals surface area contributed by atoms with Gasteiger partial charge in [0.2, 0.25) is 0 Å². The number of esters is 3. The number of carbonyl (C=O) groups excluding carboxylic acids is 3. The molecule has 0 bridgehead atoms. The smallest absolute Gasteiger partial charge is 0.460 e. The Morgan fingerprint density at radius 3 is 1.35 bits per heavy atom. The monoisotopic (exact) mass is 969 g/mol. The van der Waals surface area contributed by atoms with Gasteiger partial charge in [0.05, 0.1) is 36.6 Å². The predicted octanol–water partition coefficient (Wildman–Crippen LogP) is 8.70. The van der Waals surface area contributed by atoms with Crippen LogP contribution in [-0.2, 0) is 23.9 Å². The third kappa shape index (κ3) is 9.85. The van der Waals surface area contributed by atoms with Crippen molar-refractivity contribution in [3.8, 4) is 0 Å². The van der Waals surface area contributed by atoms with Gasteiger partial charge < -0.3 is 40.1 Å². The second kappa shape index (κ2) is 19.5. The molecule has 3 unspecified atom stereocenters. The van der Waals surface area contributed by atoms with Gasteiger partial charge in [0.25, 0.3) is 0 Å². The van der Waals surface area contributed by atoms with E-state index >= 15 is 0 Å². The van der Waals surface area contributed by atoms with Gasteiger partial charge in [0.1, 0.15) is 5.60 Å². The van der Waals surface area contributed by atoms with Gasteiger partial charge in [-0.3, -0.25) is 9.59 Å². The van der Waals surface area contributed by atoms with Gasteiger partial charge in [-0.05, 0) is 216 Å². The molecule has 0 amide bonds. The number of aliphatic hydroxyl groups excluding tert-OH is 6. The molecule has 11 nitrogen and oxygen atoms in total. The van der Waals surface area contributed by atoms with Gasteiger partial charge in [-0.25, -0.2) is 4.79 Å². The first-order chi connectivity index (χ1) is 31.5. The molecule has 8 aliphatic carbocycles. The Kier molecular flexibility index (Phi) is 15.5. The lowest BCUT2D eigenvalue weighted by atomic mass is 9.43. The number of ether oxygens (including phenoxy) is 2. The highest BCUT2D eigenvalue weighted by Crippen LogP contribution is 2.70. The third-order valence-corrected chi connectivity index (χ3v) is 21.5. The van der Waals surface area contributed by atoms with E-state index in [2.05, 4.69) is 39.4 Å². The molecular formula is C54H87F3O11. The molecule has 0 radical (unpaired) electrons. The SMILES string of the molecule is C[C@H](CCC(=O)OC(=O)C(F)(F)F)[C@H]1CCC2C3C(C[C@H](O)[C@@]21C)[C@@]1(C)CC[C@@H](O)C[C@H]1C[C@H]3O.C[C@H](CCC(=O)OC(C)(C)C)[C@H]1CC[C@H]2[C@@H]3[C@H](O)C[C@@H]4C[C@H](O)CC[C@]4(C)[C@H]3C[C@H](O)[C@]12C. The first-order valence-electron chi connectivity index (χ1n) is 26.6. The Bertz CT molecular complexity index is 1820. The number of aliphatic hydroxyl groups is 6. The van der Waals surface area contributed by atoms with Crippen molar-refractivity contribution >= 4 is 17.9 Å². The zero-order chi connectivity index (χ0) is 50.3. The van der Waals surface area contributed by atoms with Crippen LogP contribution in [0.4, 0.5) is 13.2 Å². The summed E-state index contributed by atoms with van der Waals surface area (Å²) in [6, 6.07) is 0. The molecule has 22 atom stereocenters. The lowest BCUT2D eigenvalue weighted by Gasteiger charge is -2.63. The van der Waals surface area contributed by atoms with E-state index in [0.29, 0.717) is 55.3 Å². The fraction of sp³-hybridized carbons (Fsp3) is 0.944. The molecule has 0 spiro atoms. The summed E-state index contributed by atoms with van der Waals surface area (Å²) in [6.45, 7) is 18.9. The molecule has 0 heterocycles. The van der Waals surface area contributed by atoms with E-state index in [9.17, 15) is 58.2 Å².